The maximum Gasteiger partial charge on any atom is 0.129 e. The van der Waals surface area contributed by atoms with Crippen LogP contribution in [-0.2, 0) is 5.60 Å². The highest BCUT2D eigenvalue weighted by molar-refractivity contribution is 9.10. The van der Waals surface area contributed by atoms with Gasteiger partial charge >= 0.3 is 0 Å². The summed E-state index contributed by atoms with van der Waals surface area (Å²) < 4.78 is 14.4. The fourth-order valence-corrected chi connectivity index (χ4v) is 2.13. The Bertz CT molecular complexity index is 340. The molecule has 1 nitrogen and oxygen atoms in total. The van der Waals surface area contributed by atoms with Crippen molar-refractivity contribution >= 4 is 15.9 Å². The van der Waals surface area contributed by atoms with Gasteiger partial charge in [-0.25, -0.2) is 4.39 Å². The summed E-state index contributed by atoms with van der Waals surface area (Å²) in [5.74, 6) is -0.337. The van der Waals surface area contributed by atoms with Gasteiger partial charge in [0, 0.05) is 10.0 Å². The average Bonchev–Trinajstić information content (AvgIpc) is 2.22. The van der Waals surface area contributed by atoms with Crippen molar-refractivity contribution in [3.8, 4) is 0 Å². The third kappa shape index (κ3) is 2.79. The van der Waals surface area contributed by atoms with Gasteiger partial charge in [-0.3, -0.25) is 0 Å². The molecule has 0 amide bonds. The SMILES string of the molecule is CCCC(O)(CC)c1cc(Br)ccc1F. The Morgan fingerprint density at radius 1 is 1.40 bits per heavy atom. The van der Waals surface area contributed by atoms with Crippen LogP contribution in [0.1, 0.15) is 38.7 Å². The summed E-state index contributed by atoms with van der Waals surface area (Å²) in [5.41, 5.74) is -0.649. The lowest BCUT2D eigenvalue weighted by molar-refractivity contribution is 0.0191. The summed E-state index contributed by atoms with van der Waals surface area (Å²) in [6, 6.07) is 4.69. The average molecular weight is 275 g/mol. The van der Waals surface area contributed by atoms with E-state index in [-0.39, 0.29) is 5.82 Å². The molecule has 84 valence electrons. The van der Waals surface area contributed by atoms with Crippen molar-refractivity contribution in [2.24, 2.45) is 0 Å². The number of rotatable bonds is 4. The number of halogens is 2. The van der Waals surface area contributed by atoms with Crippen LogP contribution in [0.3, 0.4) is 0 Å². The van der Waals surface area contributed by atoms with Crippen molar-refractivity contribution in [3.63, 3.8) is 0 Å². The smallest absolute Gasteiger partial charge is 0.129 e. The summed E-state index contributed by atoms with van der Waals surface area (Å²) in [4.78, 5) is 0. The molecule has 1 atom stereocenters. The molecule has 0 heterocycles. The molecule has 1 aromatic carbocycles. The van der Waals surface area contributed by atoms with Gasteiger partial charge in [0.15, 0.2) is 0 Å². The predicted molar refractivity (Wildman–Crippen MR) is 63.2 cm³/mol. The van der Waals surface area contributed by atoms with Crippen molar-refractivity contribution in [2.75, 3.05) is 0 Å². The van der Waals surface area contributed by atoms with Crippen molar-refractivity contribution in [3.05, 3.63) is 34.1 Å². The highest BCUT2D eigenvalue weighted by atomic mass is 79.9. The van der Waals surface area contributed by atoms with Crippen LogP contribution in [0.25, 0.3) is 0 Å². The van der Waals surface area contributed by atoms with Crippen LogP contribution in [0, 0.1) is 5.82 Å². The Morgan fingerprint density at radius 3 is 2.60 bits per heavy atom. The highest BCUT2D eigenvalue weighted by Gasteiger charge is 2.29. The fourth-order valence-electron chi connectivity index (χ4n) is 1.77. The summed E-state index contributed by atoms with van der Waals surface area (Å²) >= 11 is 3.29. The molecule has 0 bridgehead atoms. The first kappa shape index (κ1) is 12.7. The van der Waals surface area contributed by atoms with E-state index in [1.807, 2.05) is 13.8 Å². The Balaban J connectivity index is 3.16. The second-order valence-corrected chi connectivity index (χ2v) is 4.67. The largest absolute Gasteiger partial charge is 0.385 e. The molecule has 1 N–H and O–H groups in total. The molecule has 1 rings (SSSR count). The Hall–Kier alpha value is -0.410. The molecule has 3 heteroatoms. The summed E-state index contributed by atoms with van der Waals surface area (Å²) in [6.07, 6.45) is 1.93. The molecule has 1 unspecified atom stereocenters. The van der Waals surface area contributed by atoms with Crippen molar-refractivity contribution < 1.29 is 9.50 Å². The Morgan fingerprint density at radius 2 is 2.07 bits per heavy atom. The quantitative estimate of drug-likeness (QED) is 0.881. The number of aliphatic hydroxyl groups is 1. The predicted octanol–water partition coefficient (Wildman–Crippen LogP) is 3.99. The number of hydrogen-bond donors (Lipinski definition) is 1. The van der Waals surface area contributed by atoms with Gasteiger partial charge in [0.2, 0.25) is 0 Å². The Kier molecular flexibility index (Phi) is 4.29. The van der Waals surface area contributed by atoms with Gasteiger partial charge in [-0.2, -0.15) is 0 Å². The zero-order valence-electron chi connectivity index (χ0n) is 9.06. The topological polar surface area (TPSA) is 20.2 Å². The van der Waals surface area contributed by atoms with Crippen LogP contribution in [0.2, 0.25) is 0 Å². The van der Waals surface area contributed by atoms with Gasteiger partial charge in [0.1, 0.15) is 5.82 Å². The second kappa shape index (κ2) is 5.08. The minimum atomic E-state index is -1.04. The fraction of sp³-hybridized carbons (Fsp3) is 0.500. The summed E-state index contributed by atoms with van der Waals surface area (Å²) in [5, 5.41) is 10.3. The van der Waals surface area contributed by atoms with Crippen molar-refractivity contribution in [1.29, 1.82) is 0 Å². The molecular formula is C12H16BrFO. The zero-order chi connectivity index (χ0) is 11.5. The molecule has 0 spiro atoms. The minimum absolute atomic E-state index is 0.337. The van der Waals surface area contributed by atoms with Gasteiger partial charge in [-0.15, -0.1) is 0 Å². The Labute approximate surface area is 98.4 Å². The molecule has 0 saturated carbocycles. The van der Waals surface area contributed by atoms with E-state index >= 15 is 0 Å². The first-order valence-electron chi connectivity index (χ1n) is 5.21. The third-order valence-electron chi connectivity index (χ3n) is 2.68. The lowest BCUT2D eigenvalue weighted by Crippen LogP contribution is -2.25. The van der Waals surface area contributed by atoms with Crippen molar-refractivity contribution in [1.82, 2.24) is 0 Å². The molecule has 0 saturated heterocycles. The van der Waals surface area contributed by atoms with Crippen LogP contribution in [0.15, 0.2) is 22.7 Å². The van der Waals surface area contributed by atoms with Crippen LogP contribution in [0.5, 0.6) is 0 Å². The van der Waals surface area contributed by atoms with Gasteiger partial charge in [-0.05, 0) is 31.0 Å². The van der Waals surface area contributed by atoms with E-state index in [4.69, 9.17) is 0 Å². The standard InChI is InChI=1S/C12H16BrFO/c1-3-7-12(15,4-2)10-8-9(13)5-6-11(10)14/h5-6,8,15H,3-4,7H2,1-2H3. The second-order valence-electron chi connectivity index (χ2n) is 3.76. The van der Waals surface area contributed by atoms with E-state index in [1.54, 1.807) is 12.1 Å². The molecular weight excluding hydrogens is 259 g/mol. The van der Waals surface area contributed by atoms with E-state index in [2.05, 4.69) is 15.9 Å². The van der Waals surface area contributed by atoms with E-state index in [0.29, 0.717) is 18.4 Å². The molecule has 0 aliphatic heterocycles. The molecule has 1 aromatic rings. The highest BCUT2D eigenvalue weighted by Crippen LogP contribution is 2.33. The molecule has 0 radical (unpaired) electrons. The first-order chi connectivity index (χ1) is 7.03. The lowest BCUT2D eigenvalue weighted by Gasteiger charge is -2.27. The normalized spacial score (nSPS) is 15.0. The summed E-state index contributed by atoms with van der Waals surface area (Å²) in [7, 11) is 0. The van der Waals surface area contributed by atoms with E-state index < -0.39 is 5.60 Å². The molecule has 0 aromatic heterocycles. The zero-order valence-corrected chi connectivity index (χ0v) is 10.6. The van der Waals surface area contributed by atoms with Crippen LogP contribution in [-0.4, -0.2) is 5.11 Å². The lowest BCUT2D eigenvalue weighted by atomic mass is 9.86. The van der Waals surface area contributed by atoms with Gasteiger partial charge in [0.25, 0.3) is 0 Å². The molecule has 0 aliphatic carbocycles. The van der Waals surface area contributed by atoms with Gasteiger partial charge in [0.05, 0.1) is 5.60 Å². The maximum atomic E-state index is 13.6. The molecule has 0 aliphatic rings. The molecule has 0 fully saturated rings. The maximum absolute atomic E-state index is 13.6. The monoisotopic (exact) mass is 274 g/mol. The number of benzene rings is 1. The molecule has 15 heavy (non-hydrogen) atoms. The van der Waals surface area contributed by atoms with Crippen LogP contribution >= 0.6 is 15.9 Å². The van der Waals surface area contributed by atoms with E-state index in [1.165, 1.54) is 6.07 Å². The van der Waals surface area contributed by atoms with Gasteiger partial charge in [-0.1, -0.05) is 36.2 Å². The van der Waals surface area contributed by atoms with Crippen molar-refractivity contribution in [2.45, 2.75) is 38.7 Å². The van der Waals surface area contributed by atoms with Crippen LogP contribution in [0.4, 0.5) is 4.39 Å². The minimum Gasteiger partial charge on any atom is -0.385 e. The summed E-state index contributed by atoms with van der Waals surface area (Å²) in [6.45, 7) is 3.85. The van der Waals surface area contributed by atoms with E-state index in [0.717, 1.165) is 10.9 Å². The number of hydrogen-bond acceptors (Lipinski definition) is 1. The first-order valence-corrected chi connectivity index (χ1v) is 6.00. The van der Waals surface area contributed by atoms with Gasteiger partial charge < -0.3 is 5.11 Å². The van der Waals surface area contributed by atoms with Crippen LogP contribution < -0.4 is 0 Å². The van der Waals surface area contributed by atoms with E-state index in [9.17, 15) is 9.50 Å². The third-order valence-corrected chi connectivity index (χ3v) is 3.17.